The Hall–Kier alpha value is -0.280. The fourth-order valence-corrected chi connectivity index (χ4v) is 1.66. The van der Waals surface area contributed by atoms with Crippen LogP contribution in [0.1, 0.15) is 58.3 Å². The Labute approximate surface area is 119 Å². The van der Waals surface area contributed by atoms with E-state index < -0.39 is 4.33 Å². The molecule has 0 N–H and O–H groups in total. The fourth-order valence-electron chi connectivity index (χ4n) is 1.47. The van der Waals surface area contributed by atoms with Gasteiger partial charge in [0, 0.05) is 6.42 Å². The van der Waals surface area contributed by atoms with Gasteiger partial charge in [0.05, 0.1) is 6.61 Å². The van der Waals surface area contributed by atoms with E-state index in [1.165, 1.54) is 25.7 Å². The SMILES string of the molecule is CCCCCCCCOC(=O)CCC(Cl)(Cl)C=O. The zero-order valence-corrected chi connectivity index (χ0v) is 12.4. The van der Waals surface area contributed by atoms with Gasteiger partial charge in [0.2, 0.25) is 0 Å². The van der Waals surface area contributed by atoms with Gasteiger partial charge in [-0.3, -0.25) is 4.79 Å². The molecule has 0 aliphatic rings. The summed E-state index contributed by atoms with van der Waals surface area (Å²) in [5.74, 6) is -0.351. The maximum atomic E-state index is 11.3. The molecule has 0 aromatic rings. The van der Waals surface area contributed by atoms with E-state index in [-0.39, 0.29) is 18.8 Å². The molecule has 0 aliphatic carbocycles. The van der Waals surface area contributed by atoms with E-state index in [1.807, 2.05) is 0 Å². The number of halogens is 2. The Kier molecular flexibility index (Phi) is 10.5. The molecule has 0 fully saturated rings. The molecule has 0 saturated carbocycles. The first-order chi connectivity index (χ1) is 8.52. The molecule has 0 aliphatic heterocycles. The van der Waals surface area contributed by atoms with Gasteiger partial charge in [-0.2, -0.15) is 0 Å². The van der Waals surface area contributed by atoms with Crippen LogP contribution >= 0.6 is 23.2 Å². The van der Waals surface area contributed by atoms with Crippen LogP contribution in [-0.4, -0.2) is 23.2 Å². The van der Waals surface area contributed by atoms with Gasteiger partial charge in [-0.1, -0.05) is 62.2 Å². The van der Waals surface area contributed by atoms with Gasteiger partial charge >= 0.3 is 5.97 Å². The summed E-state index contributed by atoms with van der Waals surface area (Å²) in [6.07, 6.45) is 7.47. The van der Waals surface area contributed by atoms with Crippen LogP contribution in [0.4, 0.5) is 0 Å². The summed E-state index contributed by atoms with van der Waals surface area (Å²) in [6, 6.07) is 0. The second-order valence-corrected chi connectivity index (χ2v) is 5.91. The quantitative estimate of drug-likeness (QED) is 0.250. The van der Waals surface area contributed by atoms with Crippen molar-refractivity contribution in [3.05, 3.63) is 0 Å². The molecule has 0 bridgehead atoms. The van der Waals surface area contributed by atoms with E-state index in [1.54, 1.807) is 0 Å². The highest BCUT2D eigenvalue weighted by molar-refractivity contribution is 6.55. The number of alkyl halides is 2. The van der Waals surface area contributed by atoms with Gasteiger partial charge in [-0.05, 0) is 12.8 Å². The molecule has 18 heavy (non-hydrogen) atoms. The molecule has 0 aromatic carbocycles. The van der Waals surface area contributed by atoms with Crippen molar-refractivity contribution >= 4 is 35.5 Å². The van der Waals surface area contributed by atoms with Crippen LogP contribution in [0.2, 0.25) is 0 Å². The van der Waals surface area contributed by atoms with Crippen LogP contribution in [0.15, 0.2) is 0 Å². The van der Waals surface area contributed by atoms with Crippen molar-refractivity contribution in [1.29, 1.82) is 0 Å². The molecule has 0 saturated heterocycles. The van der Waals surface area contributed by atoms with Gasteiger partial charge in [-0.25, -0.2) is 0 Å². The molecule has 3 nitrogen and oxygen atoms in total. The van der Waals surface area contributed by atoms with Crippen molar-refractivity contribution in [2.75, 3.05) is 6.61 Å². The average molecular weight is 297 g/mol. The molecule has 106 valence electrons. The lowest BCUT2D eigenvalue weighted by atomic mass is 10.1. The minimum absolute atomic E-state index is 0.0710. The van der Waals surface area contributed by atoms with E-state index >= 15 is 0 Å². The van der Waals surface area contributed by atoms with Crippen LogP contribution < -0.4 is 0 Å². The Morgan fingerprint density at radius 2 is 1.78 bits per heavy atom. The van der Waals surface area contributed by atoms with Crippen LogP contribution in [0.25, 0.3) is 0 Å². The van der Waals surface area contributed by atoms with E-state index in [2.05, 4.69) is 6.92 Å². The van der Waals surface area contributed by atoms with Crippen molar-refractivity contribution in [3.8, 4) is 0 Å². The third kappa shape index (κ3) is 10.8. The molecule has 0 amide bonds. The standard InChI is InChI=1S/C13H22Cl2O3/c1-2-3-4-5-6-7-10-18-12(17)8-9-13(14,15)11-16/h11H,2-10H2,1H3. The molecular weight excluding hydrogens is 275 g/mol. The topological polar surface area (TPSA) is 43.4 Å². The highest BCUT2D eigenvalue weighted by atomic mass is 35.5. The highest BCUT2D eigenvalue weighted by Gasteiger charge is 2.24. The van der Waals surface area contributed by atoms with E-state index in [4.69, 9.17) is 27.9 Å². The van der Waals surface area contributed by atoms with Crippen molar-refractivity contribution in [3.63, 3.8) is 0 Å². The predicted molar refractivity (Wildman–Crippen MR) is 74.1 cm³/mol. The Morgan fingerprint density at radius 1 is 1.17 bits per heavy atom. The monoisotopic (exact) mass is 296 g/mol. The lowest BCUT2D eigenvalue weighted by molar-refractivity contribution is -0.143. The number of ether oxygens (including phenoxy) is 1. The third-order valence-electron chi connectivity index (χ3n) is 2.60. The molecule has 0 rings (SSSR count). The second-order valence-electron chi connectivity index (χ2n) is 4.37. The van der Waals surface area contributed by atoms with Crippen LogP contribution in [0, 0.1) is 0 Å². The molecule has 0 aromatic heterocycles. The highest BCUT2D eigenvalue weighted by Crippen LogP contribution is 2.24. The first-order valence-electron chi connectivity index (χ1n) is 6.51. The number of hydrogen-bond acceptors (Lipinski definition) is 3. The normalized spacial score (nSPS) is 11.3. The summed E-state index contributed by atoms with van der Waals surface area (Å²) in [5.41, 5.74) is 0. The van der Waals surface area contributed by atoms with Crippen LogP contribution in [0.5, 0.6) is 0 Å². The summed E-state index contributed by atoms with van der Waals surface area (Å²) in [4.78, 5) is 21.7. The predicted octanol–water partition coefficient (Wildman–Crippen LogP) is 4.04. The molecule has 0 unspecified atom stereocenters. The minimum atomic E-state index is -1.47. The lowest BCUT2D eigenvalue weighted by Crippen LogP contribution is -2.17. The van der Waals surface area contributed by atoms with Gasteiger partial charge in [-0.15, -0.1) is 0 Å². The van der Waals surface area contributed by atoms with Crippen molar-refractivity contribution in [2.45, 2.75) is 62.6 Å². The average Bonchev–Trinajstić information content (AvgIpc) is 2.35. The Bertz CT molecular complexity index is 242. The van der Waals surface area contributed by atoms with Gasteiger partial charge < -0.3 is 9.53 Å². The maximum absolute atomic E-state index is 11.3. The number of hydrogen-bond donors (Lipinski definition) is 0. The van der Waals surface area contributed by atoms with Crippen molar-refractivity contribution in [1.82, 2.24) is 0 Å². The van der Waals surface area contributed by atoms with Crippen molar-refractivity contribution < 1.29 is 14.3 Å². The second kappa shape index (κ2) is 10.6. The number of esters is 1. The zero-order chi connectivity index (χ0) is 13.9. The Morgan fingerprint density at radius 3 is 2.39 bits per heavy atom. The number of aldehydes is 1. The molecule has 0 spiro atoms. The molecule has 5 heteroatoms. The third-order valence-corrected chi connectivity index (χ3v) is 3.15. The first-order valence-corrected chi connectivity index (χ1v) is 7.27. The van der Waals surface area contributed by atoms with Crippen molar-refractivity contribution in [2.24, 2.45) is 0 Å². The summed E-state index contributed by atoms with van der Waals surface area (Å²) in [6.45, 7) is 2.61. The number of rotatable bonds is 11. The largest absolute Gasteiger partial charge is 0.466 e. The fraction of sp³-hybridized carbons (Fsp3) is 0.846. The van der Waals surface area contributed by atoms with Crippen LogP contribution in [0.3, 0.4) is 0 Å². The van der Waals surface area contributed by atoms with Gasteiger partial charge in [0.25, 0.3) is 0 Å². The number of carbonyl (C=O) groups excluding carboxylic acids is 2. The molecule has 0 atom stereocenters. The number of unbranched alkanes of at least 4 members (excludes halogenated alkanes) is 5. The van der Waals surface area contributed by atoms with E-state index in [0.29, 0.717) is 12.9 Å². The van der Waals surface area contributed by atoms with Gasteiger partial charge in [0.1, 0.15) is 0 Å². The summed E-state index contributed by atoms with van der Waals surface area (Å²) < 4.78 is 3.54. The summed E-state index contributed by atoms with van der Waals surface area (Å²) >= 11 is 11.2. The van der Waals surface area contributed by atoms with Gasteiger partial charge in [0.15, 0.2) is 10.6 Å². The smallest absolute Gasteiger partial charge is 0.305 e. The molecule has 0 heterocycles. The Balaban J connectivity index is 3.40. The minimum Gasteiger partial charge on any atom is -0.466 e. The maximum Gasteiger partial charge on any atom is 0.305 e. The summed E-state index contributed by atoms with van der Waals surface area (Å²) in [7, 11) is 0. The van der Waals surface area contributed by atoms with Crippen LogP contribution in [-0.2, 0) is 14.3 Å². The van der Waals surface area contributed by atoms with E-state index in [0.717, 1.165) is 12.8 Å². The molecular formula is C13H22Cl2O3. The lowest BCUT2D eigenvalue weighted by Gasteiger charge is -2.10. The first kappa shape index (κ1) is 17.7. The number of carbonyl (C=O) groups is 2. The molecule has 0 radical (unpaired) electrons. The summed E-state index contributed by atoms with van der Waals surface area (Å²) in [5, 5.41) is 0. The zero-order valence-electron chi connectivity index (χ0n) is 10.9. The van der Waals surface area contributed by atoms with E-state index in [9.17, 15) is 9.59 Å².